The average molecular weight is 133 g/mol. The van der Waals surface area contributed by atoms with Crippen molar-refractivity contribution in [3.05, 3.63) is 0 Å². The molecule has 0 fully saturated rings. The molecule has 0 bridgehead atoms. The monoisotopic (exact) mass is 133 g/mol. The van der Waals surface area contributed by atoms with E-state index in [9.17, 15) is 4.79 Å². The molecule has 1 amide bonds. The van der Waals surface area contributed by atoms with E-state index in [1.807, 2.05) is 0 Å². The number of nitrogens with one attached hydrogen (secondary N) is 1. The molecule has 3 N–H and O–H groups in total. The average Bonchev–Trinajstić information content (AvgIpc) is 1.87. The first-order valence-corrected chi connectivity index (χ1v) is 2.70. The molecule has 1 unspecified atom stereocenters. The van der Waals surface area contributed by atoms with E-state index in [1.165, 1.54) is 7.05 Å². The summed E-state index contributed by atoms with van der Waals surface area (Å²) in [6.07, 6.45) is -0.961. The molecule has 9 heavy (non-hydrogen) atoms. The van der Waals surface area contributed by atoms with Gasteiger partial charge in [-0.15, -0.1) is 0 Å². The van der Waals surface area contributed by atoms with Gasteiger partial charge in [-0.05, 0) is 0 Å². The number of hydrogen-bond donors (Lipinski definition) is 3. The molecule has 0 aromatic rings. The van der Waals surface area contributed by atoms with Crippen LogP contribution in [0.5, 0.6) is 0 Å². The van der Waals surface area contributed by atoms with E-state index in [1.54, 1.807) is 0 Å². The SMILES string of the molecule is CNC(=O)CC(O)CO. The van der Waals surface area contributed by atoms with Gasteiger partial charge in [-0.2, -0.15) is 0 Å². The molecular weight excluding hydrogens is 122 g/mol. The Morgan fingerprint density at radius 2 is 2.33 bits per heavy atom. The van der Waals surface area contributed by atoms with E-state index in [-0.39, 0.29) is 18.9 Å². The molecule has 1 atom stereocenters. The first kappa shape index (κ1) is 8.39. The van der Waals surface area contributed by atoms with Gasteiger partial charge in [-0.25, -0.2) is 0 Å². The Kier molecular flexibility index (Phi) is 4.00. The van der Waals surface area contributed by atoms with Crippen molar-refractivity contribution in [1.29, 1.82) is 0 Å². The third-order valence-electron chi connectivity index (χ3n) is 0.911. The van der Waals surface area contributed by atoms with Gasteiger partial charge in [0.1, 0.15) is 0 Å². The van der Waals surface area contributed by atoms with Crippen molar-refractivity contribution in [2.45, 2.75) is 12.5 Å². The van der Waals surface area contributed by atoms with E-state index in [0.29, 0.717) is 0 Å². The number of carbonyl (C=O) groups excluding carboxylic acids is 1. The minimum Gasteiger partial charge on any atom is -0.394 e. The van der Waals surface area contributed by atoms with E-state index >= 15 is 0 Å². The molecule has 0 radical (unpaired) electrons. The topological polar surface area (TPSA) is 69.6 Å². The lowest BCUT2D eigenvalue weighted by molar-refractivity contribution is -0.123. The fourth-order valence-corrected chi connectivity index (χ4v) is 0.381. The molecule has 0 saturated carbocycles. The van der Waals surface area contributed by atoms with E-state index in [0.717, 1.165) is 0 Å². The summed E-state index contributed by atoms with van der Waals surface area (Å²) in [6, 6.07) is 0. The Balaban J connectivity index is 3.34. The van der Waals surface area contributed by atoms with Gasteiger partial charge in [-0.3, -0.25) is 4.79 Å². The van der Waals surface area contributed by atoms with Gasteiger partial charge in [0.2, 0.25) is 5.91 Å². The second-order valence-corrected chi connectivity index (χ2v) is 1.71. The van der Waals surface area contributed by atoms with Crippen LogP contribution in [-0.4, -0.2) is 35.9 Å². The smallest absolute Gasteiger partial charge is 0.222 e. The van der Waals surface area contributed by atoms with Gasteiger partial charge in [0.05, 0.1) is 19.1 Å². The van der Waals surface area contributed by atoms with Crippen LogP contribution in [0.4, 0.5) is 0 Å². The van der Waals surface area contributed by atoms with Crippen molar-refractivity contribution in [2.75, 3.05) is 13.7 Å². The molecule has 0 rings (SSSR count). The predicted octanol–water partition coefficient (Wildman–Crippen LogP) is -1.52. The first-order chi connectivity index (χ1) is 4.20. The molecule has 0 saturated heterocycles. The van der Waals surface area contributed by atoms with Crippen LogP contribution in [0.25, 0.3) is 0 Å². The fourth-order valence-electron chi connectivity index (χ4n) is 0.381. The van der Waals surface area contributed by atoms with Gasteiger partial charge in [0.15, 0.2) is 0 Å². The highest BCUT2D eigenvalue weighted by atomic mass is 16.3. The summed E-state index contributed by atoms with van der Waals surface area (Å²) < 4.78 is 0. The summed E-state index contributed by atoms with van der Waals surface area (Å²) in [4.78, 5) is 10.4. The standard InChI is InChI=1S/C5H11NO3/c1-6-5(9)2-4(8)3-7/h4,7-8H,2-3H2,1H3,(H,6,9). The number of aliphatic hydroxyl groups excluding tert-OH is 2. The Bertz CT molecular complexity index is 94.2. The normalized spacial score (nSPS) is 12.8. The summed E-state index contributed by atoms with van der Waals surface area (Å²) in [7, 11) is 1.48. The fraction of sp³-hybridized carbons (Fsp3) is 0.800. The van der Waals surface area contributed by atoms with Crippen LogP contribution in [-0.2, 0) is 4.79 Å². The zero-order valence-corrected chi connectivity index (χ0v) is 5.29. The zero-order valence-electron chi connectivity index (χ0n) is 5.29. The van der Waals surface area contributed by atoms with Crippen molar-refractivity contribution in [2.24, 2.45) is 0 Å². The van der Waals surface area contributed by atoms with Crippen LogP contribution in [0, 0.1) is 0 Å². The van der Waals surface area contributed by atoms with Crippen molar-refractivity contribution in [1.82, 2.24) is 5.32 Å². The van der Waals surface area contributed by atoms with Crippen molar-refractivity contribution in [3.63, 3.8) is 0 Å². The first-order valence-electron chi connectivity index (χ1n) is 2.70. The van der Waals surface area contributed by atoms with Gasteiger partial charge in [0, 0.05) is 7.05 Å². The molecule has 4 nitrogen and oxygen atoms in total. The van der Waals surface area contributed by atoms with Crippen LogP contribution in [0.2, 0.25) is 0 Å². The lowest BCUT2D eigenvalue weighted by Crippen LogP contribution is -2.25. The number of amides is 1. The maximum atomic E-state index is 10.4. The van der Waals surface area contributed by atoms with Gasteiger partial charge >= 0.3 is 0 Å². The van der Waals surface area contributed by atoms with Crippen LogP contribution in [0.3, 0.4) is 0 Å². The molecule has 0 spiro atoms. The van der Waals surface area contributed by atoms with Crippen molar-refractivity contribution >= 4 is 5.91 Å². The maximum Gasteiger partial charge on any atom is 0.222 e. The highest BCUT2D eigenvalue weighted by Crippen LogP contribution is 1.87. The molecule has 0 aromatic heterocycles. The molecule has 0 heterocycles. The lowest BCUT2D eigenvalue weighted by atomic mass is 10.2. The Morgan fingerprint density at radius 1 is 1.78 bits per heavy atom. The maximum absolute atomic E-state index is 10.4. The summed E-state index contributed by atoms with van der Waals surface area (Å²) >= 11 is 0. The molecule has 0 aliphatic rings. The molecule has 0 aliphatic heterocycles. The minimum absolute atomic E-state index is 0.0347. The summed E-state index contributed by atoms with van der Waals surface area (Å²) in [5.74, 6) is -0.267. The summed E-state index contributed by atoms with van der Waals surface area (Å²) in [5.41, 5.74) is 0. The third-order valence-corrected chi connectivity index (χ3v) is 0.911. The van der Waals surface area contributed by atoms with Gasteiger partial charge in [0.25, 0.3) is 0 Å². The van der Waals surface area contributed by atoms with Crippen molar-refractivity contribution < 1.29 is 15.0 Å². The predicted molar refractivity (Wildman–Crippen MR) is 31.8 cm³/mol. The molecule has 0 aromatic carbocycles. The van der Waals surface area contributed by atoms with E-state index in [2.05, 4.69) is 5.32 Å². The molecule has 0 aliphatic carbocycles. The highest BCUT2D eigenvalue weighted by Gasteiger charge is 2.06. The third kappa shape index (κ3) is 3.93. The highest BCUT2D eigenvalue weighted by molar-refractivity contribution is 5.75. The Morgan fingerprint density at radius 3 is 2.67 bits per heavy atom. The van der Waals surface area contributed by atoms with Crippen molar-refractivity contribution in [3.8, 4) is 0 Å². The van der Waals surface area contributed by atoms with Crippen LogP contribution >= 0.6 is 0 Å². The Labute approximate surface area is 53.5 Å². The second-order valence-electron chi connectivity index (χ2n) is 1.71. The number of hydrogen-bond acceptors (Lipinski definition) is 3. The van der Waals surface area contributed by atoms with E-state index < -0.39 is 6.10 Å². The molecule has 4 heteroatoms. The molecular formula is C5H11NO3. The van der Waals surface area contributed by atoms with Crippen LogP contribution < -0.4 is 5.32 Å². The van der Waals surface area contributed by atoms with E-state index in [4.69, 9.17) is 10.2 Å². The van der Waals surface area contributed by atoms with Gasteiger partial charge in [-0.1, -0.05) is 0 Å². The summed E-state index contributed by atoms with van der Waals surface area (Å²) in [6.45, 7) is -0.368. The zero-order chi connectivity index (χ0) is 7.28. The van der Waals surface area contributed by atoms with Gasteiger partial charge < -0.3 is 15.5 Å². The minimum atomic E-state index is -0.926. The quantitative estimate of drug-likeness (QED) is 0.437. The summed E-state index contributed by atoms with van der Waals surface area (Å²) in [5, 5.41) is 19.2. The van der Waals surface area contributed by atoms with Crippen LogP contribution in [0.1, 0.15) is 6.42 Å². The number of aliphatic hydroxyl groups is 2. The van der Waals surface area contributed by atoms with Crippen LogP contribution in [0.15, 0.2) is 0 Å². The number of carbonyl (C=O) groups is 1. The second kappa shape index (κ2) is 4.29. The lowest BCUT2D eigenvalue weighted by Gasteiger charge is -2.03. The molecule has 54 valence electrons. The Hall–Kier alpha value is -0.610. The number of rotatable bonds is 3. The largest absolute Gasteiger partial charge is 0.394 e.